The van der Waals surface area contributed by atoms with Crippen molar-refractivity contribution in [3.8, 4) is 11.5 Å². The van der Waals surface area contributed by atoms with Crippen LogP contribution in [0.15, 0.2) is 24.3 Å². The first kappa shape index (κ1) is 14.8. The van der Waals surface area contributed by atoms with Crippen LogP contribution in [0.2, 0.25) is 0 Å². The van der Waals surface area contributed by atoms with Crippen LogP contribution in [0, 0.1) is 5.41 Å². The molecular weight excluding hydrogens is 228 g/mol. The molecule has 0 saturated heterocycles. The van der Waals surface area contributed by atoms with Crippen LogP contribution in [0.25, 0.3) is 0 Å². The highest BCUT2D eigenvalue weighted by atomic mass is 16.5. The van der Waals surface area contributed by atoms with Gasteiger partial charge in [-0.15, -0.1) is 0 Å². The summed E-state index contributed by atoms with van der Waals surface area (Å²) in [5.74, 6) is 1.50. The summed E-state index contributed by atoms with van der Waals surface area (Å²) in [6, 6.07) is 7.59. The molecule has 102 valence electrons. The SMILES string of the molecule is COc1ccccc1OCCCC(O)C(C)(C)C. The highest BCUT2D eigenvalue weighted by Gasteiger charge is 2.21. The van der Waals surface area contributed by atoms with Gasteiger partial charge >= 0.3 is 0 Å². The standard InChI is InChI=1S/C15H24O3/c1-15(2,3)14(16)10-7-11-18-13-9-6-5-8-12(13)17-4/h5-6,8-9,14,16H,7,10-11H2,1-4H3. The van der Waals surface area contributed by atoms with Crippen LogP contribution in [0.1, 0.15) is 33.6 Å². The zero-order valence-corrected chi connectivity index (χ0v) is 11.8. The summed E-state index contributed by atoms with van der Waals surface area (Å²) in [6.45, 7) is 6.71. The molecule has 0 aliphatic carbocycles. The molecule has 0 aliphatic rings. The maximum Gasteiger partial charge on any atom is 0.161 e. The van der Waals surface area contributed by atoms with Gasteiger partial charge in [-0.1, -0.05) is 32.9 Å². The Kier molecular flexibility index (Phi) is 5.48. The normalized spacial score (nSPS) is 13.2. The number of hydrogen-bond acceptors (Lipinski definition) is 3. The molecular formula is C15H24O3. The van der Waals surface area contributed by atoms with Gasteiger partial charge in [-0.3, -0.25) is 0 Å². The number of methoxy groups -OCH3 is 1. The molecule has 0 aliphatic heterocycles. The van der Waals surface area contributed by atoms with Gasteiger partial charge in [-0.25, -0.2) is 0 Å². The van der Waals surface area contributed by atoms with Crippen LogP contribution in [0.4, 0.5) is 0 Å². The minimum absolute atomic E-state index is 0.0650. The van der Waals surface area contributed by atoms with E-state index in [2.05, 4.69) is 0 Å². The Hall–Kier alpha value is -1.22. The van der Waals surface area contributed by atoms with Crippen molar-refractivity contribution in [2.24, 2.45) is 5.41 Å². The number of ether oxygens (including phenoxy) is 2. The summed E-state index contributed by atoms with van der Waals surface area (Å²) in [7, 11) is 1.63. The van der Waals surface area contributed by atoms with Gasteiger partial charge in [0, 0.05) is 0 Å². The predicted molar refractivity (Wildman–Crippen MR) is 73.2 cm³/mol. The van der Waals surface area contributed by atoms with Gasteiger partial charge in [0.05, 0.1) is 19.8 Å². The van der Waals surface area contributed by atoms with Crippen molar-refractivity contribution in [3.63, 3.8) is 0 Å². The zero-order chi connectivity index (χ0) is 13.6. The number of rotatable bonds is 6. The molecule has 0 heterocycles. The summed E-state index contributed by atoms with van der Waals surface area (Å²) in [5, 5.41) is 9.90. The Morgan fingerprint density at radius 3 is 2.33 bits per heavy atom. The highest BCUT2D eigenvalue weighted by Crippen LogP contribution is 2.26. The van der Waals surface area contributed by atoms with Crippen LogP contribution in [0.5, 0.6) is 11.5 Å². The molecule has 18 heavy (non-hydrogen) atoms. The number of hydrogen-bond donors (Lipinski definition) is 1. The van der Waals surface area contributed by atoms with Crippen molar-refractivity contribution < 1.29 is 14.6 Å². The quantitative estimate of drug-likeness (QED) is 0.790. The molecule has 0 radical (unpaired) electrons. The average Bonchev–Trinajstić information content (AvgIpc) is 2.33. The molecule has 0 saturated carbocycles. The number of aliphatic hydroxyl groups excluding tert-OH is 1. The van der Waals surface area contributed by atoms with Crippen molar-refractivity contribution in [1.82, 2.24) is 0 Å². The van der Waals surface area contributed by atoms with Crippen LogP contribution in [-0.4, -0.2) is 24.9 Å². The van der Waals surface area contributed by atoms with Gasteiger partial charge in [0.1, 0.15) is 0 Å². The summed E-state index contributed by atoms with van der Waals surface area (Å²) in [5.41, 5.74) is -0.0650. The molecule has 0 aromatic heterocycles. The predicted octanol–water partition coefficient (Wildman–Crippen LogP) is 3.26. The topological polar surface area (TPSA) is 38.7 Å². The molecule has 0 spiro atoms. The average molecular weight is 252 g/mol. The van der Waals surface area contributed by atoms with E-state index >= 15 is 0 Å². The second kappa shape index (κ2) is 6.64. The number of aliphatic hydroxyl groups is 1. The second-order valence-electron chi connectivity index (χ2n) is 5.52. The lowest BCUT2D eigenvalue weighted by Crippen LogP contribution is -2.26. The molecule has 1 unspecified atom stereocenters. The third-order valence-corrected chi connectivity index (χ3v) is 2.95. The van der Waals surface area contributed by atoms with Gasteiger partial charge in [0.25, 0.3) is 0 Å². The van der Waals surface area contributed by atoms with E-state index in [0.717, 1.165) is 24.3 Å². The monoisotopic (exact) mass is 252 g/mol. The van der Waals surface area contributed by atoms with Crippen molar-refractivity contribution in [1.29, 1.82) is 0 Å². The van der Waals surface area contributed by atoms with Gasteiger partial charge < -0.3 is 14.6 Å². The van der Waals surface area contributed by atoms with Crippen molar-refractivity contribution in [2.45, 2.75) is 39.7 Å². The number of benzene rings is 1. The van der Waals surface area contributed by atoms with Crippen LogP contribution in [0.3, 0.4) is 0 Å². The van der Waals surface area contributed by atoms with E-state index in [0.29, 0.717) is 6.61 Å². The molecule has 1 aromatic rings. The van der Waals surface area contributed by atoms with E-state index in [1.807, 2.05) is 45.0 Å². The first-order valence-electron chi connectivity index (χ1n) is 6.39. The molecule has 0 fully saturated rings. The first-order valence-corrected chi connectivity index (χ1v) is 6.39. The van der Waals surface area contributed by atoms with E-state index in [-0.39, 0.29) is 11.5 Å². The molecule has 1 N–H and O–H groups in total. The Morgan fingerprint density at radius 1 is 1.17 bits per heavy atom. The van der Waals surface area contributed by atoms with Gasteiger partial charge in [-0.2, -0.15) is 0 Å². The second-order valence-corrected chi connectivity index (χ2v) is 5.52. The van der Waals surface area contributed by atoms with E-state index < -0.39 is 0 Å². The van der Waals surface area contributed by atoms with Crippen LogP contribution in [-0.2, 0) is 0 Å². The lowest BCUT2D eigenvalue weighted by Gasteiger charge is -2.25. The summed E-state index contributed by atoms with van der Waals surface area (Å²) < 4.78 is 10.9. The van der Waals surface area contributed by atoms with Crippen molar-refractivity contribution >= 4 is 0 Å². The van der Waals surface area contributed by atoms with Gasteiger partial charge in [0.2, 0.25) is 0 Å². The van der Waals surface area contributed by atoms with E-state index in [4.69, 9.17) is 9.47 Å². The maximum absolute atomic E-state index is 9.90. The van der Waals surface area contributed by atoms with Gasteiger partial charge in [0.15, 0.2) is 11.5 Å². The molecule has 1 aromatic carbocycles. The fraction of sp³-hybridized carbons (Fsp3) is 0.600. The molecule has 3 nitrogen and oxygen atoms in total. The Morgan fingerprint density at radius 2 is 1.78 bits per heavy atom. The minimum Gasteiger partial charge on any atom is -0.493 e. The molecule has 0 bridgehead atoms. The summed E-state index contributed by atoms with van der Waals surface area (Å²) in [6.07, 6.45) is 1.29. The summed E-state index contributed by atoms with van der Waals surface area (Å²) >= 11 is 0. The zero-order valence-electron chi connectivity index (χ0n) is 11.8. The third kappa shape index (κ3) is 4.57. The summed E-state index contributed by atoms with van der Waals surface area (Å²) in [4.78, 5) is 0. The van der Waals surface area contributed by atoms with E-state index in [9.17, 15) is 5.11 Å². The fourth-order valence-corrected chi connectivity index (χ4v) is 1.63. The van der Waals surface area contributed by atoms with Crippen molar-refractivity contribution in [2.75, 3.05) is 13.7 Å². The Bertz CT molecular complexity index is 355. The van der Waals surface area contributed by atoms with Crippen LogP contribution >= 0.6 is 0 Å². The highest BCUT2D eigenvalue weighted by molar-refractivity contribution is 5.39. The largest absolute Gasteiger partial charge is 0.493 e. The first-order chi connectivity index (χ1) is 8.45. The van der Waals surface area contributed by atoms with E-state index in [1.54, 1.807) is 7.11 Å². The smallest absolute Gasteiger partial charge is 0.161 e. The maximum atomic E-state index is 9.90. The molecule has 0 amide bonds. The molecule has 1 atom stereocenters. The van der Waals surface area contributed by atoms with Crippen molar-refractivity contribution in [3.05, 3.63) is 24.3 Å². The molecule has 3 heteroatoms. The Labute approximate surface area is 110 Å². The van der Waals surface area contributed by atoms with Crippen LogP contribution < -0.4 is 9.47 Å². The fourth-order valence-electron chi connectivity index (χ4n) is 1.63. The molecule has 1 rings (SSSR count). The Balaban J connectivity index is 2.34. The minimum atomic E-state index is -0.293. The lowest BCUT2D eigenvalue weighted by molar-refractivity contribution is 0.0504. The number of para-hydroxylation sites is 2. The third-order valence-electron chi connectivity index (χ3n) is 2.95. The lowest BCUT2D eigenvalue weighted by atomic mass is 9.87. The van der Waals surface area contributed by atoms with Gasteiger partial charge in [-0.05, 0) is 30.4 Å². The van der Waals surface area contributed by atoms with E-state index in [1.165, 1.54) is 0 Å².